The van der Waals surface area contributed by atoms with Gasteiger partial charge in [-0.2, -0.15) is 0 Å². The Morgan fingerprint density at radius 1 is 1.07 bits per heavy atom. The molecule has 0 unspecified atom stereocenters. The van der Waals surface area contributed by atoms with Crippen molar-refractivity contribution in [1.82, 2.24) is 4.90 Å². The molecule has 4 nitrogen and oxygen atoms in total. The van der Waals surface area contributed by atoms with E-state index in [1.165, 1.54) is 6.26 Å². The first-order valence-corrected chi connectivity index (χ1v) is 11.3. The Hall–Kier alpha value is -1.63. The Morgan fingerprint density at radius 3 is 2.39 bits per heavy atom. The van der Waals surface area contributed by atoms with Crippen LogP contribution in [0.4, 0.5) is 4.39 Å². The number of hydrogen-bond donors (Lipinski definition) is 0. The minimum absolute atomic E-state index is 0. The molecule has 3 rings (SSSR count). The molecule has 1 heterocycles. The Bertz CT molecular complexity index is 853. The van der Waals surface area contributed by atoms with Gasteiger partial charge < -0.3 is 4.74 Å². The number of piperidine rings is 1. The molecule has 0 saturated carbocycles. The molecule has 0 N–H and O–H groups in total. The number of para-hydroxylation sites is 1. The van der Waals surface area contributed by atoms with E-state index in [0.29, 0.717) is 43.7 Å². The van der Waals surface area contributed by atoms with Gasteiger partial charge in [0.1, 0.15) is 18.0 Å². The van der Waals surface area contributed by atoms with Gasteiger partial charge in [0.05, 0.1) is 5.75 Å². The van der Waals surface area contributed by atoms with Crippen molar-refractivity contribution in [2.75, 3.05) is 32.5 Å². The van der Waals surface area contributed by atoms with Crippen molar-refractivity contribution in [2.24, 2.45) is 0 Å². The molecule has 0 aromatic heterocycles. The fourth-order valence-corrected chi connectivity index (χ4v) is 4.26. The van der Waals surface area contributed by atoms with Crippen LogP contribution in [0.15, 0.2) is 54.6 Å². The van der Waals surface area contributed by atoms with Crippen LogP contribution >= 0.6 is 12.4 Å². The van der Waals surface area contributed by atoms with Crippen LogP contribution in [0.25, 0.3) is 0 Å². The molecule has 2 aromatic rings. The third-order valence-corrected chi connectivity index (χ3v) is 5.80. The number of likely N-dealkylation sites (tertiary alicyclic amines) is 1. The van der Waals surface area contributed by atoms with Gasteiger partial charge in [0.15, 0.2) is 9.84 Å². The molecule has 154 valence electrons. The highest BCUT2D eigenvalue weighted by Crippen LogP contribution is 2.37. The highest BCUT2D eigenvalue weighted by molar-refractivity contribution is 7.89. The maximum absolute atomic E-state index is 15.5. The molecule has 28 heavy (non-hydrogen) atoms. The van der Waals surface area contributed by atoms with Gasteiger partial charge in [-0.15, -0.1) is 12.4 Å². The SMILES string of the molecule is CS(=O)(=O)Cc1cccc(C2(F)CCN(CCOc3ccccc3)CC2)c1.Cl. The van der Waals surface area contributed by atoms with Gasteiger partial charge in [-0.3, -0.25) is 4.90 Å². The lowest BCUT2D eigenvalue weighted by molar-refractivity contribution is 0.0500. The number of sulfone groups is 1. The van der Waals surface area contributed by atoms with E-state index >= 15 is 4.39 Å². The highest BCUT2D eigenvalue weighted by atomic mass is 35.5. The first-order valence-electron chi connectivity index (χ1n) is 9.20. The lowest BCUT2D eigenvalue weighted by Gasteiger charge is -2.36. The van der Waals surface area contributed by atoms with Crippen LogP contribution in [-0.2, 0) is 21.3 Å². The molecule has 2 aromatic carbocycles. The normalized spacial score (nSPS) is 16.9. The van der Waals surface area contributed by atoms with Crippen LogP contribution < -0.4 is 4.74 Å². The van der Waals surface area contributed by atoms with Gasteiger partial charge in [0.2, 0.25) is 0 Å². The van der Waals surface area contributed by atoms with E-state index in [2.05, 4.69) is 4.90 Å². The topological polar surface area (TPSA) is 46.6 Å². The van der Waals surface area contributed by atoms with Crippen LogP contribution in [0, 0.1) is 0 Å². The Morgan fingerprint density at radius 2 is 1.75 bits per heavy atom. The molecule has 1 saturated heterocycles. The summed E-state index contributed by atoms with van der Waals surface area (Å²) in [4.78, 5) is 2.21. The van der Waals surface area contributed by atoms with E-state index in [-0.39, 0.29) is 18.2 Å². The molecule has 0 bridgehead atoms. The average Bonchev–Trinajstić information content (AvgIpc) is 2.63. The predicted octanol–water partition coefficient (Wildman–Crippen LogP) is 3.99. The average molecular weight is 428 g/mol. The fraction of sp³-hybridized carbons (Fsp3) is 0.429. The summed E-state index contributed by atoms with van der Waals surface area (Å²) in [6.07, 6.45) is 2.00. The minimum atomic E-state index is -3.13. The molecular formula is C21H27ClFNO3S. The van der Waals surface area contributed by atoms with E-state index < -0.39 is 15.5 Å². The highest BCUT2D eigenvalue weighted by Gasteiger charge is 2.36. The predicted molar refractivity (Wildman–Crippen MR) is 113 cm³/mol. The van der Waals surface area contributed by atoms with Crippen LogP contribution in [-0.4, -0.2) is 45.8 Å². The number of rotatable bonds is 7. The second-order valence-corrected chi connectivity index (χ2v) is 9.38. The second kappa shape index (κ2) is 9.72. The molecule has 0 radical (unpaired) electrons. The third kappa shape index (κ3) is 6.47. The van der Waals surface area contributed by atoms with Gasteiger partial charge in [-0.1, -0.05) is 42.5 Å². The van der Waals surface area contributed by atoms with Gasteiger partial charge in [0.25, 0.3) is 0 Å². The molecule has 1 aliphatic rings. The van der Waals surface area contributed by atoms with Gasteiger partial charge in [-0.25, -0.2) is 12.8 Å². The maximum atomic E-state index is 15.5. The number of nitrogens with zero attached hydrogens (tertiary/aromatic N) is 1. The number of hydrogen-bond acceptors (Lipinski definition) is 4. The smallest absolute Gasteiger partial charge is 0.151 e. The summed E-state index contributed by atoms with van der Waals surface area (Å²) in [5.74, 6) is 0.789. The van der Waals surface area contributed by atoms with Gasteiger partial charge in [-0.05, 0) is 36.1 Å². The Balaban J connectivity index is 0.00000280. The monoisotopic (exact) mass is 427 g/mol. The lowest BCUT2D eigenvalue weighted by Crippen LogP contribution is -2.41. The van der Waals surface area contributed by atoms with Crippen molar-refractivity contribution in [2.45, 2.75) is 24.3 Å². The fourth-order valence-electron chi connectivity index (χ4n) is 3.47. The van der Waals surface area contributed by atoms with E-state index in [0.717, 1.165) is 12.3 Å². The van der Waals surface area contributed by atoms with Crippen molar-refractivity contribution in [3.63, 3.8) is 0 Å². The summed E-state index contributed by atoms with van der Waals surface area (Å²) in [7, 11) is -3.13. The summed E-state index contributed by atoms with van der Waals surface area (Å²) < 4.78 is 44.2. The van der Waals surface area contributed by atoms with Crippen molar-refractivity contribution in [3.8, 4) is 5.75 Å². The van der Waals surface area contributed by atoms with Crippen molar-refractivity contribution >= 4 is 22.2 Å². The third-order valence-electron chi connectivity index (χ3n) is 4.94. The zero-order valence-electron chi connectivity index (χ0n) is 16.0. The number of benzene rings is 2. The number of alkyl halides is 1. The standard InChI is InChI=1S/C21H26FNO3S.ClH/c1-27(24,25)17-18-6-5-7-19(16-18)21(22)10-12-23(13-11-21)14-15-26-20-8-3-2-4-9-20;/h2-9,16H,10-15,17H2,1H3;1H. The summed E-state index contributed by atoms with van der Waals surface area (Å²) in [6, 6.07) is 16.6. The Labute approximate surface area is 173 Å². The zero-order valence-corrected chi connectivity index (χ0v) is 17.6. The van der Waals surface area contributed by atoms with Crippen molar-refractivity contribution < 1.29 is 17.5 Å². The van der Waals surface area contributed by atoms with Crippen molar-refractivity contribution in [3.05, 3.63) is 65.7 Å². The Kier molecular flexibility index (Phi) is 7.87. The summed E-state index contributed by atoms with van der Waals surface area (Å²) in [6.45, 7) is 2.65. The van der Waals surface area contributed by atoms with Crippen LogP contribution in [0.2, 0.25) is 0 Å². The molecule has 7 heteroatoms. The van der Waals surface area contributed by atoms with E-state index in [1.807, 2.05) is 30.3 Å². The number of ether oxygens (including phenoxy) is 1. The summed E-state index contributed by atoms with van der Waals surface area (Å²) >= 11 is 0. The molecule has 0 spiro atoms. The second-order valence-electron chi connectivity index (χ2n) is 7.24. The van der Waals surface area contributed by atoms with Crippen LogP contribution in [0.5, 0.6) is 5.75 Å². The zero-order chi connectivity index (χ0) is 19.3. The van der Waals surface area contributed by atoms with E-state index in [1.54, 1.807) is 24.3 Å². The largest absolute Gasteiger partial charge is 0.492 e. The minimum Gasteiger partial charge on any atom is -0.492 e. The molecule has 0 atom stereocenters. The molecule has 1 fully saturated rings. The summed E-state index contributed by atoms with van der Waals surface area (Å²) in [5, 5.41) is 0. The molecular weight excluding hydrogens is 401 g/mol. The van der Waals surface area contributed by atoms with Gasteiger partial charge >= 0.3 is 0 Å². The lowest BCUT2D eigenvalue weighted by atomic mass is 9.85. The van der Waals surface area contributed by atoms with Crippen LogP contribution in [0.3, 0.4) is 0 Å². The van der Waals surface area contributed by atoms with E-state index in [4.69, 9.17) is 4.74 Å². The first kappa shape index (κ1) is 22.7. The van der Waals surface area contributed by atoms with Crippen LogP contribution in [0.1, 0.15) is 24.0 Å². The first-order chi connectivity index (χ1) is 12.8. The molecule has 0 aliphatic carbocycles. The summed E-state index contributed by atoms with van der Waals surface area (Å²) in [5.41, 5.74) is -0.167. The van der Waals surface area contributed by atoms with Gasteiger partial charge in [0, 0.05) is 25.9 Å². The maximum Gasteiger partial charge on any atom is 0.151 e. The van der Waals surface area contributed by atoms with E-state index in [9.17, 15) is 8.42 Å². The number of halogens is 2. The quantitative estimate of drug-likeness (QED) is 0.670. The molecule has 1 aliphatic heterocycles. The molecule has 0 amide bonds. The van der Waals surface area contributed by atoms with Crippen molar-refractivity contribution in [1.29, 1.82) is 0 Å².